The Kier molecular flexibility index (Phi) is 4.42. The van der Waals surface area contributed by atoms with E-state index in [2.05, 4.69) is 27.8 Å². The Morgan fingerprint density at radius 3 is 2.94 bits per heavy atom. The van der Waals surface area contributed by atoms with Crippen LogP contribution in [0.5, 0.6) is 5.75 Å². The first-order valence-corrected chi connectivity index (χ1v) is 7.25. The molecule has 1 heterocycles. The molecule has 17 heavy (non-hydrogen) atoms. The highest BCUT2D eigenvalue weighted by atomic mass is 79.9. The van der Waals surface area contributed by atoms with Crippen molar-refractivity contribution in [3.8, 4) is 5.75 Å². The molecule has 2 rings (SSSR count). The fourth-order valence-corrected chi connectivity index (χ4v) is 2.78. The number of ether oxygens (including phenoxy) is 1. The normalized spacial score (nSPS) is 10.5. The lowest BCUT2D eigenvalue weighted by Gasteiger charge is -2.06. The second-order valence-electron chi connectivity index (χ2n) is 3.45. The minimum absolute atomic E-state index is 0.456. The predicted octanol–water partition coefficient (Wildman–Crippen LogP) is 4.70. The minimum Gasteiger partial charge on any atom is -0.486 e. The van der Waals surface area contributed by atoms with Crippen molar-refractivity contribution in [1.82, 2.24) is 4.98 Å². The van der Waals surface area contributed by atoms with Crippen LogP contribution in [0, 0.1) is 0 Å². The molecule has 0 atom stereocenters. The molecule has 2 aromatic rings. The number of thiazole rings is 1. The molecule has 0 amide bonds. The van der Waals surface area contributed by atoms with E-state index in [1.165, 1.54) is 0 Å². The zero-order chi connectivity index (χ0) is 12.3. The molecule has 0 N–H and O–H groups in total. The maximum absolute atomic E-state index is 6.06. The van der Waals surface area contributed by atoms with Crippen LogP contribution in [0.2, 0.25) is 5.02 Å². The third-order valence-corrected chi connectivity index (χ3v) is 4.00. The van der Waals surface area contributed by atoms with Gasteiger partial charge in [-0.15, -0.1) is 11.3 Å². The highest BCUT2D eigenvalue weighted by molar-refractivity contribution is 9.10. The number of hydrogen-bond acceptors (Lipinski definition) is 3. The molecule has 0 aliphatic carbocycles. The molecule has 0 fully saturated rings. The maximum Gasteiger partial charge on any atom is 0.138 e. The standard InChI is InChI=1S/C12H11BrClNOS/c1-2-12-15-9(7-17-12)6-16-11-4-3-8(13)5-10(11)14/h3-5,7H,2,6H2,1H3. The first-order valence-electron chi connectivity index (χ1n) is 5.20. The molecule has 5 heteroatoms. The highest BCUT2D eigenvalue weighted by Gasteiger charge is 2.05. The predicted molar refractivity (Wildman–Crippen MR) is 75.0 cm³/mol. The Bertz CT molecular complexity index is 515. The summed E-state index contributed by atoms with van der Waals surface area (Å²) in [5.41, 5.74) is 0.950. The summed E-state index contributed by atoms with van der Waals surface area (Å²) in [5.74, 6) is 0.681. The summed E-state index contributed by atoms with van der Waals surface area (Å²) in [5, 5.41) is 3.75. The quantitative estimate of drug-likeness (QED) is 0.809. The van der Waals surface area contributed by atoms with Crippen molar-refractivity contribution in [3.05, 3.63) is 43.8 Å². The molecule has 0 bridgehead atoms. The Hall–Kier alpha value is -0.580. The number of nitrogens with zero attached hydrogens (tertiary/aromatic N) is 1. The lowest BCUT2D eigenvalue weighted by molar-refractivity contribution is 0.302. The van der Waals surface area contributed by atoms with Crippen molar-refractivity contribution in [2.45, 2.75) is 20.0 Å². The molecule has 2 nitrogen and oxygen atoms in total. The van der Waals surface area contributed by atoms with Gasteiger partial charge in [0.25, 0.3) is 0 Å². The van der Waals surface area contributed by atoms with E-state index in [1.54, 1.807) is 11.3 Å². The van der Waals surface area contributed by atoms with Gasteiger partial charge in [0.2, 0.25) is 0 Å². The SMILES string of the molecule is CCc1nc(COc2ccc(Br)cc2Cl)cs1. The van der Waals surface area contributed by atoms with Crippen LogP contribution in [-0.2, 0) is 13.0 Å². The summed E-state index contributed by atoms with van der Waals surface area (Å²) in [6.45, 7) is 2.55. The van der Waals surface area contributed by atoms with Crippen molar-refractivity contribution in [2.24, 2.45) is 0 Å². The van der Waals surface area contributed by atoms with Crippen LogP contribution < -0.4 is 4.74 Å². The van der Waals surface area contributed by atoms with Crippen molar-refractivity contribution < 1.29 is 4.74 Å². The monoisotopic (exact) mass is 331 g/mol. The smallest absolute Gasteiger partial charge is 0.138 e. The molecule has 0 saturated heterocycles. The molecule has 1 aromatic carbocycles. The van der Waals surface area contributed by atoms with Gasteiger partial charge in [-0.1, -0.05) is 34.5 Å². The summed E-state index contributed by atoms with van der Waals surface area (Å²) in [4.78, 5) is 4.43. The average molecular weight is 333 g/mol. The molecule has 0 spiro atoms. The van der Waals surface area contributed by atoms with Gasteiger partial charge < -0.3 is 4.74 Å². The van der Waals surface area contributed by atoms with Crippen LogP contribution in [0.25, 0.3) is 0 Å². The number of aryl methyl sites for hydroxylation is 1. The molecule has 0 aliphatic heterocycles. The van der Waals surface area contributed by atoms with Gasteiger partial charge in [-0.2, -0.15) is 0 Å². The molecule has 1 aromatic heterocycles. The van der Waals surface area contributed by atoms with Gasteiger partial charge in [0.15, 0.2) is 0 Å². The van der Waals surface area contributed by atoms with E-state index in [1.807, 2.05) is 23.6 Å². The van der Waals surface area contributed by atoms with Gasteiger partial charge in [-0.3, -0.25) is 0 Å². The van der Waals surface area contributed by atoms with E-state index in [4.69, 9.17) is 16.3 Å². The van der Waals surface area contributed by atoms with Crippen LogP contribution in [0.4, 0.5) is 0 Å². The number of aromatic nitrogens is 1. The van der Waals surface area contributed by atoms with Gasteiger partial charge in [0.1, 0.15) is 12.4 Å². The summed E-state index contributed by atoms with van der Waals surface area (Å²) < 4.78 is 6.57. The van der Waals surface area contributed by atoms with Gasteiger partial charge in [0.05, 0.1) is 15.7 Å². The Labute approximate surface area is 118 Å². The Balaban J connectivity index is 2.02. The molecule has 0 unspecified atom stereocenters. The van der Waals surface area contributed by atoms with Crippen LogP contribution >= 0.6 is 38.9 Å². The summed E-state index contributed by atoms with van der Waals surface area (Å²) in [6.07, 6.45) is 0.962. The summed E-state index contributed by atoms with van der Waals surface area (Å²) >= 11 is 11.1. The van der Waals surface area contributed by atoms with E-state index in [9.17, 15) is 0 Å². The van der Waals surface area contributed by atoms with Crippen molar-refractivity contribution in [1.29, 1.82) is 0 Å². The first-order chi connectivity index (χ1) is 8.19. The number of hydrogen-bond donors (Lipinski definition) is 0. The van der Waals surface area contributed by atoms with E-state index in [0.29, 0.717) is 17.4 Å². The Morgan fingerprint density at radius 1 is 1.47 bits per heavy atom. The second-order valence-corrected chi connectivity index (χ2v) is 5.72. The number of halogens is 2. The second kappa shape index (κ2) is 5.85. The van der Waals surface area contributed by atoms with Gasteiger partial charge in [-0.25, -0.2) is 4.98 Å². The summed E-state index contributed by atoms with van der Waals surface area (Å²) in [6, 6.07) is 5.56. The zero-order valence-electron chi connectivity index (χ0n) is 9.24. The fourth-order valence-electron chi connectivity index (χ4n) is 1.32. The average Bonchev–Trinajstić information content (AvgIpc) is 2.76. The first kappa shape index (κ1) is 12.9. The Morgan fingerprint density at radius 2 is 2.29 bits per heavy atom. The van der Waals surface area contributed by atoms with Crippen LogP contribution in [0.3, 0.4) is 0 Å². The third-order valence-electron chi connectivity index (χ3n) is 2.17. The lowest BCUT2D eigenvalue weighted by atomic mass is 10.3. The largest absolute Gasteiger partial charge is 0.486 e. The maximum atomic E-state index is 6.06. The van der Waals surface area contributed by atoms with Crippen molar-refractivity contribution in [3.63, 3.8) is 0 Å². The highest BCUT2D eigenvalue weighted by Crippen LogP contribution is 2.28. The van der Waals surface area contributed by atoms with Gasteiger partial charge >= 0.3 is 0 Å². The molecule has 0 saturated carbocycles. The van der Waals surface area contributed by atoms with Crippen LogP contribution in [0.15, 0.2) is 28.1 Å². The number of rotatable bonds is 4. The third kappa shape index (κ3) is 3.44. The molecule has 0 radical (unpaired) electrons. The van der Waals surface area contributed by atoms with E-state index < -0.39 is 0 Å². The zero-order valence-corrected chi connectivity index (χ0v) is 12.4. The molecule has 0 aliphatic rings. The lowest BCUT2D eigenvalue weighted by Crippen LogP contribution is -1.96. The van der Waals surface area contributed by atoms with Crippen LogP contribution in [-0.4, -0.2) is 4.98 Å². The van der Waals surface area contributed by atoms with Crippen LogP contribution in [0.1, 0.15) is 17.6 Å². The summed E-state index contributed by atoms with van der Waals surface area (Å²) in [7, 11) is 0. The van der Waals surface area contributed by atoms with Crippen molar-refractivity contribution >= 4 is 38.9 Å². The van der Waals surface area contributed by atoms with E-state index in [0.717, 1.165) is 21.6 Å². The molecular formula is C12H11BrClNOS. The van der Waals surface area contributed by atoms with Gasteiger partial charge in [-0.05, 0) is 24.6 Å². The van der Waals surface area contributed by atoms with Gasteiger partial charge in [0, 0.05) is 9.85 Å². The molecule has 90 valence electrons. The minimum atomic E-state index is 0.456. The van der Waals surface area contributed by atoms with Crippen molar-refractivity contribution in [2.75, 3.05) is 0 Å². The fraction of sp³-hybridized carbons (Fsp3) is 0.250. The topological polar surface area (TPSA) is 22.1 Å². The number of benzene rings is 1. The molecular weight excluding hydrogens is 322 g/mol. The van der Waals surface area contributed by atoms with E-state index in [-0.39, 0.29) is 0 Å². The van der Waals surface area contributed by atoms with E-state index >= 15 is 0 Å².